The van der Waals surface area contributed by atoms with E-state index in [0.29, 0.717) is 10.2 Å². The third kappa shape index (κ3) is 1.68. The highest BCUT2D eigenvalue weighted by atomic mass is 32.1. The molecule has 1 N–H and O–H groups in total. The summed E-state index contributed by atoms with van der Waals surface area (Å²) in [6, 6.07) is 1.82. The number of hydrogen-bond acceptors (Lipinski definition) is 4. The second-order valence-corrected chi connectivity index (χ2v) is 4.90. The molecule has 0 radical (unpaired) electrons. The first-order valence-corrected chi connectivity index (χ1v) is 6.03. The van der Waals surface area contributed by atoms with E-state index in [9.17, 15) is 9.59 Å². The highest BCUT2D eigenvalue weighted by molar-refractivity contribution is 7.18. The molecule has 6 heteroatoms. The topological polar surface area (TPSA) is 78.7 Å². The van der Waals surface area contributed by atoms with E-state index in [0.717, 1.165) is 21.4 Å². The third-order valence-corrected chi connectivity index (χ3v) is 3.78. The molecule has 0 spiro atoms. The van der Waals surface area contributed by atoms with Gasteiger partial charge in [0.25, 0.3) is 5.56 Å². The summed E-state index contributed by atoms with van der Waals surface area (Å²) in [5.74, 6) is 0. The molecule has 2 rings (SSSR count). The molecule has 0 fully saturated rings. The van der Waals surface area contributed by atoms with E-state index >= 15 is 0 Å². The van der Waals surface area contributed by atoms with Crippen LogP contribution >= 0.6 is 11.3 Å². The zero-order chi connectivity index (χ0) is 12.6. The Morgan fingerprint density at radius 3 is 2.76 bits per heavy atom. The maximum absolute atomic E-state index is 12.1. The Kier molecular flexibility index (Phi) is 2.86. The highest BCUT2D eigenvalue weighted by Crippen LogP contribution is 2.26. The lowest BCUT2D eigenvalue weighted by Crippen LogP contribution is -2.34. The fourth-order valence-electron chi connectivity index (χ4n) is 1.92. The Hall–Kier alpha value is -1.87. The van der Waals surface area contributed by atoms with Crippen LogP contribution in [0.5, 0.6) is 0 Å². The van der Waals surface area contributed by atoms with E-state index in [1.807, 2.05) is 19.9 Å². The van der Waals surface area contributed by atoms with Gasteiger partial charge in [0, 0.05) is 4.88 Å². The van der Waals surface area contributed by atoms with Gasteiger partial charge in [0.05, 0.1) is 11.5 Å². The van der Waals surface area contributed by atoms with Crippen LogP contribution in [0.2, 0.25) is 0 Å². The minimum atomic E-state index is -0.520. The van der Waals surface area contributed by atoms with Gasteiger partial charge >= 0.3 is 5.69 Å². The smallest absolute Gasteiger partial charge is 0.298 e. The molecular formula is C11H11N3O2S. The van der Waals surface area contributed by atoms with Gasteiger partial charge in [0.15, 0.2) is 0 Å². The molecular weight excluding hydrogens is 238 g/mol. The Labute approximate surface area is 101 Å². The molecule has 0 aliphatic rings. The Morgan fingerprint density at radius 2 is 2.18 bits per heavy atom. The van der Waals surface area contributed by atoms with Gasteiger partial charge < -0.3 is 0 Å². The van der Waals surface area contributed by atoms with Gasteiger partial charge in [0.1, 0.15) is 11.4 Å². The number of hydrogen-bond donors (Lipinski definition) is 1. The van der Waals surface area contributed by atoms with Crippen molar-refractivity contribution in [1.29, 1.82) is 5.26 Å². The summed E-state index contributed by atoms with van der Waals surface area (Å²) in [6.07, 6.45) is 0.736. The van der Waals surface area contributed by atoms with Gasteiger partial charge in [-0.2, -0.15) is 5.26 Å². The molecule has 2 aromatic heterocycles. The summed E-state index contributed by atoms with van der Waals surface area (Å²) in [4.78, 5) is 28.0. The van der Waals surface area contributed by atoms with Crippen molar-refractivity contribution in [1.82, 2.24) is 9.55 Å². The minimum absolute atomic E-state index is 0.220. The van der Waals surface area contributed by atoms with Crippen LogP contribution in [0.1, 0.15) is 17.4 Å². The second kappa shape index (κ2) is 4.18. The van der Waals surface area contributed by atoms with Crippen molar-refractivity contribution >= 4 is 21.6 Å². The molecule has 0 aliphatic carbocycles. The summed E-state index contributed by atoms with van der Waals surface area (Å²) >= 11 is 1.41. The van der Waals surface area contributed by atoms with Gasteiger partial charge in [-0.15, -0.1) is 11.3 Å². The van der Waals surface area contributed by atoms with Gasteiger partial charge in [-0.3, -0.25) is 9.78 Å². The fraction of sp³-hybridized carbons (Fsp3) is 0.364. The van der Waals surface area contributed by atoms with Crippen LogP contribution in [0.3, 0.4) is 0 Å². The third-order valence-electron chi connectivity index (χ3n) is 2.72. The standard InChI is InChI=1S/C11H11N3O2S/c1-3-7-6(2)17-9-8(7)10(15)14(5-4-12)11(16)13-9/h3,5H2,1-2H3,(H,13,16). The first kappa shape index (κ1) is 11.6. The number of nitriles is 1. The predicted octanol–water partition coefficient (Wildman–Crippen LogP) is 1.15. The van der Waals surface area contributed by atoms with Crippen LogP contribution in [-0.2, 0) is 13.0 Å². The lowest BCUT2D eigenvalue weighted by atomic mass is 10.1. The zero-order valence-electron chi connectivity index (χ0n) is 9.53. The van der Waals surface area contributed by atoms with E-state index in [1.165, 1.54) is 11.3 Å². The number of aryl methyl sites for hydroxylation is 2. The van der Waals surface area contributed by atoms with E-state index in [1.54, 1.807) is 0 Å². The molecule has 17 heavy (non-hydrogen) atoms. The fourth-order valence-corrected chi connectivity index (χ4v) is 3.05. The van der Waals surface area contributed by atoms with Crippen molar-refractivity contribution in [3.05, 3.63) is 31.3 Å². The van der Waals surface area contributed by atoms with Gasteiger partial charge in [-0.1, -0.05) is 6.92 Å². The van der Waals surface area contributed by atoms with Crippen LogP contribution in [0, 0.1) is 18.3 Å². The van der Waals surface area contributed by atoms with Gasteiger partial charge in [0.2, 0.25) is 0 Å². The summed E-state index contributed by atoms with van der Waals surface area (Å²) in [5.41, 5.74) is 0.0670. The van der Waals surface area contributed by atoms with Crippen LogP contribution < -0.4 is 11.2 Å². The number of thiophene rings is 1. The summed E-state index contributed by atoms with van der Waals surface area (Å²) in [6.45, 7) is 3.67. The number of rotatable bonds is 2. The average Bonchev–Trinajstić information content (AvgIpc) is 2.60. The second-order valence-electron chi connectivity index (χ2n) is 3.67. The number of nitrogens with one attached hydrogen (secondary N) is 1. The van der Waals surface area contributed by atoms with Gasteiger partial charge in [-0.05, 0) is 18.9 Å². The number of nitrogens with zero attached hydrogens (tertiary/aromatic N) is 2. The molecule has 0 bridgehead atoms. The number of aromatic amines is 1. The summed E-state index contributed by atoms with van der Waals surface area (Å²) in [5, 5.41) is 9.16. The highest BCUT2D eigenvalue weighted by Gasteiger charge is 2.15. The van der Waals surface area contributed by atoms with Crippen molar-refractivity contribution in [2.75, 3.05) is 0 Å². The monoisotopic (exact) mass is 249 g/mol. The van der Waals surface area contributed by atoms with Crippen molar-refractivity contribution < 1.29 is 0 Å². The van der Waals surface area contributed by atoms with E-state index in [2.05, 4.69) is 4.98 Å². The van der Waals surface area contributed by atoms with E-state index in [-0.39, 0.29) is 12.1 Å². The molecule has 0 atom stereocenters. The number of H-pyrrole nitrogens is 1. The van der Waals surface area contributed by atoms with Crippen LogP contribution in [0.15, 0.2) is 9.59 Å². The van der Waals surface area contributed by atoms with E-state index in [4.69, 9.17) is 5.26 Å². The Bertz CT molecular complexity index is 730. The molecule has 0 saturated heterocycles. The molecule has 0 aliphatic heterocycles. The van der Waals surface area contributed by atoms with Crippen molar-refractivity contribution in [2.24, 2.45) is 0 Å². The predicted molar refractivity (Wildman–Crippen MR) is 66.4 cm³/mol. The zero-order valence-corrected chi connectivity index (χ0v) is 10.3. The van der Waals surface area contributed by atoms with Crippen LogP contribution in [0.4, 0.5) is 0 Å². The average molecular weight is 249 g/mol. The molecule has 0 aromatic carbocycles. The Balaban J connectivity index is 2.95. The number of fused-ring (bicyclic) bond motifs is 1. The lowest BCUT2D eigenvalue weighted by molar-refractivity contribution is 0.736. The molecule has 0 saturated carbocycles. The van der Waals surface area contributed by atoms with Crippen LogP contribution in [-0.4, -0.2) is 9.55 Å². The first-order chi connectivity index (χ1) is 8.10. The molecule has 5 nitrogen and oxygen atoms in total. The maximum atomic E-state index is 12.1. The SMILES string of the molecule is CCc1c(C)sc2[nH]c(=O)n(CC#N)c(=O)c12. The lowest BCUT2D eigenvalue weighted by Gasteiger charge is -2.00. The first-order valence-electron chi connectivity index (χ1n) is 5.22. The summed E-state index contributed by atoms with van der Waals surface area (Å²) in [7, 11) is 0. The summed E-state index contributed by atoms with van der Waals surface area (Å²) < 4.78 is 0.938. The molecule has 88 valence electrons. The van der Waals surface area contributed by atoms with Crippen molar-refractivity contribution in [3.63, 3.8) is 0 Å². The molecule has 2 aromatic rings. The van der Waals surface area contributed by atoms with Crippen molar-refractivity contribution in [3.8, 4) is 6.07 Å². The van der Waals surface area contributed by atoms with Gasteiger partial charge in [-0.25, -0.2) is 9.36 Å². The van der Waals surface area contributed by atoms with Crippen molar-refractivity contribution in [2.45, 2.75) is 26.8 Å². The van der Waals surface area contributed by atoms with Crippen LogP contribution in [0.25, 0.3) is 10.2 Å². The largest absolute Gasteiger partial charge is 0.330 e. The Morgan fingerprint density at radius 1 is 1.47 bits per heavy atom. The molecule has 0 unspecified atom stereocenters. The number of aromatic nitrogens is 2. The normalized spacial score (nSPS) is 10.6. The minimum Gasteiger partial charge on any atom is -0.298 e. The molecule has 0 amide bonds. The quantitative estimate of drug-likeness (QED) is 0.867. The van der Waals surface area contributed by atoms with E-state index < -0.39 is 5.69 Å². The molecule has 2 heterocycles. The maximum Gasteiger partial charge on any atom is 0.330 e.